The Hall–Kier alpha value is -1.40. The second-order valence-electron chi connectivity index (χ2n) is 3.09. The summed E-state index contributed by atoms with van der Waals surface area (Å²) < 4.78 is 5.49. The van der Waals surface area contributed by atoms with Crippen LogP contribution in [0, 0.1) is 0 Å². The number of aromatic amines is 1. The van der Waals surface area contributed by atoms with Crippen LogP contribution in [-0.2, 0) is 4.74 Å². The van der Waals surface area contributed by atoms with Gasteiger partial charge < -0.3 is 4.74 Å². The zero-order valence-corrected chi connectivity index (χ0v) is 7.73. The molecule has 0 amide bonds. The van der Waals surface area contributed by atoms with Gasteiger partial charge in [-0.15, -0.1) is 0 Å². The SMILES string of the molecule is NNC(C1=CCCCO1)c1cn[nH]n1. The molecular formula is C8H13N5O. The Balaban J connectivity index is 2.16. The number of ether oxygens (including phenoxy) is 1. The van der Waals surface area contributed by atoms with Crippen molar-refractivity contribution in [2.24, 2.45) is 5.84 Å². The third-order valence-electron chi connectivity index (χ3n) is 2.14. The van der Waals surface area contributed by atoms with Crippen LogP contribution in [0.25, 0.3) is 0 Å². The molecule has 0 saturated carbocycles. The monoisotopic (exact) mass is 195 g/mol. The first kappa shape index (κ1) is 9.17. The van der Waals surface area contributed by atoms with Crippen LogP contribution in [0.4, 0.5) is 0 Å². The normalized spacial score (nSPS) is 18.5. The van der Waals surface area contributed by atoms with Crippen LogP contribution in [0.2, 0.25) is 0 Å². The van der Waals surface area contributed by atoms with Crippen LogP contribution in [-0.4, -0.2) is 22.0 Å². The van der Waals surface area contributed by atoms with Gasteiger partial charge in [0.2, 0.25) is 0 Å². The summed E-state index contributed by atoms with van der Waals surface area (Å²) in [4.78, 5) is 0. The van der Waals surface area contributed by atoms with E-state index in [2.05, 4.69) is 20.8 Å². The fourth-order valence-electron chi connectivity index (χ4n) is 1.44. The molecule has 0 aliphatic carbocycles. The number of nitrogens with two attached hydrogens (primary N) is 1. The Labute approximate surface area is 81.5 Å². The molecule has 1 unspecified atom stereocenters. The minimum Gasteiger partial charge on any atom is -0.496 e. The van der Waals surface area contributed by atoms with Crippen molar-refractivity contribution in [2.75, 3.05) is 6.61 Å². The molecule has 0 radical (unpaired) electrons. The number of nitrogens with zero attached hydrogens (tertiary/aromatic N) is 2. The van der Waals surface area contributed by atoms with Crippen LogP contribution >= 0.6 is 0 Å². The van der Waals surface area contributed by atoms with Crippen molar-refractivity contribution >= 4 is 0 Å². The predicted molar refractivity (Wildman–Crippen MR) is 49.7 cm³/mol. The molecule has 4 N–H and O–H groups in total. The highest BCUT2D eigenvalue weighted by atomic mass is 16.5. The summed E-state index contributed by atoms with van der Waals surface area (Å²) in [5.74, 6) is 6.27. The average Bonchev–Trinajstić information content (AvgIpc) is 2.74. The molecule has 76 valence electrons. The average molecular weight is 195 g/mol. The number of H-pyrrole nitrogens is 1. The van der Waals surface area contributed by atoms with Gasteiger partial charge in [0.1, 0.15) is 17.5 Å². The number of hydrogen-bond acceptors (Lipinski definition) is 5. The highest BCUT2D eigenvalue weighted by Crippen LogP contribution is 2.23. The van der Waals surface area contributed by atoms with Crippen LogP contribution in [0.5, 0.6) is 0 Å². The quantitative estimate of drug-likeness (QED) is 0.467. The first-order chi connectivity index (χ1) is 6.92. The predicted octanol–water partition coefficient (Wildman–Crippen LogP) is 0.00340. The van der Waals surface area contributed by atoms with Crippen LogP contribution in [0.15, 0.2) is 18.0 Å². The third kappa shape index (κ3) is 1.75. The van der Waals surface area contributed by atoms with Crippen LogP contribution in [0.3, 0.4) is 0 Å². The first-order valence-corrected chi connectivity index (χ1v) is 4.56. The smallest absolute Gasteiger partial charge is 0.123 e. The fraction of sp³-hybridized carbons (Fsp3) is 0.500. The molecule has 1 aromatic rings. The zero-order valence-electron chi connectivity index (χ0n) is 7.73. The van der Waals surface area contributed by atoms with Crippen molar-refractivity contribution in [1.82, 2.24) is 20.8 Å². The summed E-state index contributed by atoms with van der Waals surface area (Å²) in [6.07, 6.45) is 5.73. The maximum atomic E-state index is 5.49. The Kier molecular flexibility index (Phi) is 2.76. The molecule has 0 spiro atoms. The fourth-order valence-corrected chi connectivity index (χ4v) is 1.44. The molecule has 6 nitrogen and oxygen atoms in total. The topological polar surface area (TPSA) is 88.9 Å². The first-order valence-electron chi connectivity index (χ1n) is 4.56. The lowest BCUT2D eigenvalue weighted by atomic mass is 10.1. The standard InChI is InChI=1S/C8H13N5O/c9-11-8(6-5-10-13-12-6)7-3-1-2-4-14-7/h3,5,8,11H,1-2,4,9H2,(H,10,12,13). The third-order valence-corrected chi connectivity index (χ3v) is 2.14. The van der Waals surface area contributed by atoms with E-state index in [0.29, 0.717) is 0 Å². The largest absolute Gasteiger partial charge is 0.496 e. The van der Waals surface area contributed by atoms with Crippen molar-refractivity contribution in [2.45, 2.75) is 18.9 Å². The van der Waals surface area contributed by atoms with Gasteiger partial charge >= 0.3 is 0 Å². The molecule has 1 atom stereocenters. The molecule has 2 heterocycles. The van der Waals surface area contributed by atoms with Gasteiger partial charge in [-0.25, -0.2) is 5.43 Å². The van der Waals surface area contributed by atoms with Gasteiger partial charge in [0, 0.05) is 0 Å². The van der Waals surface area contributed by atoms with Crippen molar-refractivity contribution in [3.63, 3.8) is 0 Å². The van der Waals surface area contributed by atoms with Crippen molar-refractivity contribution in [1.29, 1.82) is 0 Å². The summed E-state index contributed by atoms with van der Waals surface area (Å²) in [5.41, 5.74) is 3.40. The molecule has 1 aromatic heterocycles. The summed E-state index contributed by atoms with van der Waals surface area (Å²) in [6.45, 7) is 0.738. The van der Waals surface area contributed by atoms with Crippen molar-refractivity contribution in [3.05, 3.63) is 23.7 Å². The molecule has 0 fully saturated rings. The molecule has 1 aliphatic rings. The molecular weight excluding hydrogens is 182 g/mol. The van der Waals surface area contributed by atoms with Gasteiger partial charge in [-0.3, -0.25) is 5.84 Å². The number of rotatable bonds is 3. The van der Waals surface area contributed by atoms with Crippen molar-refractivity contribution < 1.29 is 4.74 Å². The highest BCUT2D eigenvalue weighted by Gasteiger charge is 2.20. The summed E-state index contributed by atoms with van der Waals surface area (Å²) in [5, 5.41) is 10.2. The summed E-state index contributed by atoms with van der Waals surface area (Å²) in [7, 11) is 0. The molecule has 2 rings (SSSR count). The highest BCUT2D eigenvalue weighted by molar-refractivity contribution is 5.15. The minimum absolute atomic E-state index is 0.200. The zero-order chi connectivity index (χ0) is 9.80. The molecule has 14 heavy (non-hydrogen) atoms. The van der Waals surface area contributed by atoms with Gasteiger partial charge in [-0.05, 0) is 18.9 Å². The van der Waals surface area contributed by atoms with Crippen LogP contribution in [0.1, 0.15) is 24.6 Å². The van der Waals surface area contributed by atoms with Gasteiger partial charge in [0.25, 0.3) is 0 Å². The van der Waals surface area contributed by atoms with Gasteiger partial charge in [0.15, 0.2) is 0 Å². The Morgan fingerprint density at radius 1 is 1.64 bits per heavy atom. The van der Waals surface area contributed by atoms with Gasteiger partial charge in [-0.2, -0.15) is 15.4 Å². The number of hydrazine groups is 1. The van der Waals surface area contributed by atoms with E-state index in [-0.39, 0.29) is 6.04 Å². The van der Waals surface area contributed by atoms with E-state index in [9.17, 15) is 0 Å². The number of aromatic nitrogens is 3. The van der Waals surface area contributed by atoms with E-state index in [4.69, 9.17) is 10.6 Å². The lowest BCUT2D eigenvalue weighted by Crippen LogP contribution is -2.31. The maximum absolute atomic E-state index is 5.49. The Morgan fingerprint density at radius 2 is 2.57 bits per heavy atom. The minimum atomic E-state index is -0.200. The number of hydrogen-bond donors (Lipinski definition) is 3. The molecule has 0 saturated heterocycles. The van der Waals surface area contributed by atoms with Crippen LogP contribution < -0.4 is 11.3 Å². The van der Waals surface area contributed by atoms with Crippen molar-refractivity contribution in [3.8, 4) is 0 Å². The second kappa shape index (κ2) is 4.21. The molecule has 0 bridgehead atoms. The number of nitrogens with one attached hydrogen (secondary N) is 2. The van der Waals surface area contributed by atoms with Gasteiger partial charge in [-0.1, -0.05) is 0 Å². The molecule has 0 aromatic carbocycles. The lowest BCUT2D eigenvalue weighted by Gasteiger charge is -2.21. The molecule has 6 heteroatoms. The Bertz CT molecular complexity index is 308. The van der Waals surface area contributed by atoms with E-state index in [1.807, 2.05) is 6.08 Å². The summed E-state index contributed by atoms with van der Waals surface area (Å²) in [6, 6.07) is -0.200. The maximum Gasteiger partial charge on any atom is 0.123 e. The Morgan fingerprint density at radius 3 is 3.14 bits per heavy atom. The second-order valence-corrected chi connectivity index (χ2v) is 3.09. The van der Waals surface area contributed by atoms with E-state index in [0.717, 1.165) is 30.9 Å². The van der Waals surface area contributed by atoms with E-state index < -0.39 is 0 Å². The van der Waals surface area contributed by atoms with Gasteiger partial charge in [0.05, 0.1) is 12.8 Å². The number of allylic oxidation sites excluding steroid dienone is 1. The molecule has 1 aliphatic heterocycles. The van der Waals surface area contributed by atoms with E-state index in [1.54, 1.807) is 6.20 Å². The van der Waals surface area contributed by atoms with E-state index >= 15 is 0 Å². The van der Waals surface area contributed by atoms with E-state index in [1.165, 1.54) is 0 Å². The lowest BCUT2D eigenvalue weighted by molar-refractivity contribution is 0.167. The summed E-state index contributed by atoms with van der Waals surface area (Å²) >= 11 is 0.